The first kappa shape index (κ1) is 14.6. The summed E-state index contributed by atoms with van der Waals surface area (Å²) in [7, 11) is 0. The van der Waals surface area contributed by atoms with E-state index in [1.165, 1.54) is 6.07 Å². The largest absolute Gasteiger partial charge is 0.293 e. The second-order valence-corrected chi connectivity index (χ2v) is 5.16. The fraction of sp³-hybridized carbons (Fsp3) is 0.125. The molecule has 0 amide bonds. The Labute approximate surface area is 127 Å². The minimum absolute atomic E-state index is 0.113. The van der Waals surface area contributed by atoms with Crippen molar-refractivity contribution in [3.63, 3.8) is 0 Å². The summed E-state index contributed by atoms with van der Waals surface area (Å²) in [6, 6.07) is 16.0. The Balaban J connectivity index is 2.40. The smallest absolute Gasteiger partial charge is 0.172 e. The molecule has 4 heteroatoms. The maximum absolute atomic E-state index is 12.6. The van der Waals surface area contributed by atoms with E-state index in [9.17, 15) is 4.79 Å². The molecule has 1 atom stereocenters. The van der Waals surface area contributed by atoms with Crippen molar-refractivity contribution in [2.75, 3.05) is 0 Å². The highest BCUT2D eigenvalue weighted by molar-refractivity contribution is 6.37. The zero-order chi connectivity index (χ0) is 14.5. The lowest BCUT2D eigenvalue weighted by atomic mass is 9.88. The van der Waals surface area contributed by atoms with Crippen LogP contribution in [0.25, 0.3) is 0 Å². The number of hydrogen-bond donors (Lipinski definition) is 0. The molecule has 0 aliphatic heterocycles. The molecule has 2 rings (SSSR count). The third kappa shape index (κ3) is 3.19. The Bertz CT molecular complexity index is 662. The van der Waals surface area contributed by atoms with Crippen LogP contribution in [0.5, 0.6) is 0 Å². The molecule has 2 aromatic carbocycles. The number of benzene rings is 2. The van der Waals surface area contributed by atoms with Gasteiger partial charge in [-0.15, -0.1) is 0 Å². The summed E-state index contributed by atoms with van der Waals surface area (Å²) in [6.45, 7) is 0. The first-order chi connectivity index (χ1) is 9.63. The zero-order valence-corrected chi connectivity index (χ0v) is 12.0. The maximum atomic E-state index is 12.6. The highest BCUT2D eigenvalue weighted by Gasteiger charge is 2.23. The van der Waals surface area contributed by atoms with E-state index >= 15 is 0 Å². The van der Waals surface area contributed by atoms with E-state index in [1.54, 1.807) is 12.1 Å². The van der Waals surface area contributed by atoms with Crippen LogP contribution < -0.4 is 0 Å². The van der Waals surface area contributed by atoms with Gasteiger partial charge in [-0.2, -0.15) is 5.26 Å². The normalized spacial score (nSPS) is 11.7. The van der Waals surface area contributed by atoms with Gasteiger partial charge in [0.25, 0.3) is 0 Å². The third-order valence-corrected chi connectivity index (χ3v) is 3.56. The van der Waals surface area contributed by atoms with Crippen molar-refractivity contribution >= 4 is 29.0 Å². The van der Waals surface area contributed by atoms with Crippen molar-refractivity contribution in [1.82, 2.24) is 0 Å². The molecule has 0 spiro atoms. The van der Waals surface area contributed by atoms with Crippen molar-refractivity contribution in [2.24, 2.45) is 0 Å². The molecule has 0 saturated heterocycles. The monoisotopic (exact) mass is 303 g/mol. The van der Waals surface area contributed by atoms with Gasteiger partial charge in [0.1, 0.15) is 0 Å². The zero-order valence-electron chi connectivity index (χ0n) is 10.5. The van der Waals surface area contributed by atoms with E-state index in [0.717, 1.165) is 5.56 Å². The van der Waals surface area contributed by atoms with Crippen molar-refractivity contribution in [3.05, 3.63) is 69.7 Å². The van der Waals surface area contributed by atoms with Crippen LogP contribution in [-0.2, 0) is 0 Å². The van der Waals surface area contributed by atoms with E-state index < -0.39 is 5.92 Å². The van der Waals surface area contributed by atoms with E-state index in [2.05, 4.69) is 6.07 Å². The topological polar surface area (TPSA) is 40.9 Å². The summed E-state index contributed by atoms with van der Waals surface area (Å²) in [6.07, 6.45) is 0.113. The van der Waals surface area contributed by atoms with Gasteiger partial charge in [-0.1, -0.05) is 53.5 Å². The van der Waals surface area contributed by atoms with Crippen molar-refractivity contribution in [1.29, 1.82) is 5.26 Å². The molecule has 0 bridgehead atoms. The molecule has 1 unspecified atom stereocenters. The van der Waals surface area contributed by atoms with Crippen LogP contribution in [0.4, 0.5) is 0 Å². The van der Waals surface area contributed by atoms with E-state index in [4.69, 9.17) is 28.5 Å². The van der Waals surface area contributed by atoms with Crippen LogP contribution in [-0.4, -0.2) is 5.78 Å². The van der Waals surface area contributed by atoms with E-state index in [0.29, 0.717) is 15.6 Å². The molecule has 0 heterocycles. The van der Waals surface area contributed by atoms with Crippen molar-refractivity contribution in [2.45, 2.75) is 12.3 Å². The first-order valence-corrected chi connectivity index (χ1v) is 6.80. The summed E-state index contributed by atoms with van der Waals surface area (Å²) in [5, 5.41) is 9.73. The lowest BCUT2D eigenvalue weighted by molar-refractivity contribution is 0.0961. The Morgan fingerprint density at radius 2 is 1.85 bits per heavy atom. The number of ketones is 1. The number of nitrogens with zero attached hydrogens (tertiary/aromatic N) is 1. The molecule has 20 heavy (non-hydrogen) atoms. The van der Waals surface area contributed by atoms with Gasteiger partial charge in [-0.25, -0.2) is 0 Å². The van der Waals surface area contributed by atoms with E-state index in [-0.39, 0.29) is 12.2 Å². The highest BCUT2D eigenvalue weighted by Crippen LogP contribution is 2.29. The molecule has 0 aliphatic carbocycles. The van der Waals surface area contributed by atoms with Crippen LogP contribution in [0.15, 0.2) is 48.5 Å². The van der Waals surface area contributed by atoms with Crippen LogP contribution in [0.3, 0.4) is 0 Å². The van der Waals surface area contributed by atoms with Gasteiger partial charge in [-0.3, -0.25) is 4.79 Å². The SMILES string of the molecule is N#CCC(C(=O)c1ccc(Cl)cc1Cl)c1ccccc1. The molecule has 0 saturated carbocycles. The van der Waals surface area contributed by atoms with Gasteiger partial charge >= 0.3 is 0 Å². The lowest BCUT2D eigenvalue weighted by Crippen LogP contribution is -2.13. The highest BCUT2D eigenvalue weighted by atomic mass is 35.5. The molecule has 2 nitrogen and oxygen atoms in total. The molecular formula is C16H11Cl2NO. The molecule has 0 aliphatic rings. The second kappa shape index (κ2) is 6.56. The van der Waals surface area contributed by atoms with Gasteiger partial charge in [0.05, 0.1) is 17.0 Å². The lowest BCUT2D eigenvalue weighted by Gasteiger charge is -2.14. The number of nitriles is 1. The van der Waals surface area contributed by atoms with Gasteiger partial charge in [0.2, 0.25) is 0 Å². The average Bonchev–Trinajstić information content (AvgIpc) is 2.45. The Kier molecular flexibility index (Phi) is 4.79. The molecule has 0 aromatic heterocycles. The number of carbonyl (C=O) groups excluding carboxylic acids is 1. The van der Waals surface area contributed by atoms with Crippen LogP contribution >= 0.6 is 23.2 Å². The summed E-state index contributed by atoms with van der Waals surface area (Å²) in [4.78, 5) is 12.6. The number of halogens is 2. The third-order valence-electron chi connectivity index (χ3n) is 3.01. The van der Waals surface area contributed by atoms with Gasteiger partial charge in [-0.05, 0) is 23.8 Å². The minimum Gasteiger partial charge on any atom is -0.293 e. The standard InChI is InChI=1S/C16H11Cl2NO/c17-12-6-7-14(15(18)10-12)16(20)13(8-9-19)11-4-2-1-3-5-11/h1-7,10,13H,8H2. The summed E-state index contributed by atoms with van der Waals surface area (Å²) in [5.41, 5.74) is 1.20. The fourth-order valence-electron chi connectivity index (χ4n) is 2.02. The van der Waals surface area contributed by atoms with Crippen LogP contribution in [0.2, 0.25) is 10.0 Å². The van der Waals surface area contributed by atoms with Crippen LogP contribution in [0.1, 0.15) is 28.3 Å². The molecule has 2 aromatic rings. The molecular weight excluding hydrogens is 293 g/mol. The van der Waals surface area contributed by atoms with E-state index in [1.807, 2.05) is 30.3 Å². The summed E-state index contributed by atoms with van der Waals surface area (Å²) < 4.78 is 0. The van der Waals surface area contributed by atoms with Crippen molar-refractivity contribution < 1.29 is 4.79 Å². The number of carbonyl (C=O) groups is 1. The quantitative estimate of drug-likeness (QED) is 0.756. The van der Waals surface area contributed by atoms with Crippen molar-refractivity contribution in [3.8, 4) is 6.07 Å². The maximum Gasteiger partial charge on any atom is 0.172 e. The Morgan fingerprint density at radius 3 is 2.45 bits per heavy atom. The number of Topliss-reactive ketones (excluding diaryl/α,β-unsaturated/α-hetero) is 1. The fourth-order valence-corrected chi connectivity index (χ4v) is 2.52. The summed E-state index contributed by atoms with van der Waals surface area (Å²) in [5.74, 6) is -0.681. The molecule has 100 valence electrons. The predicted molar refractivity (Wildman–Crippen MR) is 80.2 cm³/mol. The molecule has 0 radical (unpaired) electrons. The molecule has 0 N–H and O–H groups in total. The first-order valence-electron chi connectivity index (χ1n) is 6.04. The Hall–Kier alpha value is -1.82. The average molecular weight is 304 g/mol. The van der Waals surface area contributed by atoms with Crippen LogP contribution in [0, 0.1) is 11.3 Å². The molecule has 0 fully saturated rings. The second-order valence-electron chi connectivity index (χ2n) is 4.31. The number of rotatable bonds is 4. The van der Waals surface area contributed by atoms with Gasteiger partial charge in [0, 0.05) is 17.0 Å². The minimum atomic E-state index is -0.514. The summed E-state index contributed by atoms with van der Waals surface area (Å²) >= 11 is 11.9. The Morgan fingerprint density at radius 1 is 1.15 bits per heavy atom. The number of hydrogen-bond acceptors (Lipinski definition) is 2. The van der Waals surface area contributed by atoms with Gasteiger partial charge in [0.15, 0.2) is 5.78 Å². The van der Waals surface area contributed by atoms with Gasteiger partial charge < -0.3 is 0 Å². The predicted octanol–water partition coefficient (Wildman–Crippen LogP) is 4.87.